The lowest BCUT2D eigenvalue weighted by Crippen LogP contribution is -2.51. The van der Waals surface area contributed by atoms with Gasteiger partial charge in [-0.25, -0.2) is 4.79 Å². The summed E-state index contributed by atoms with van der Waals surface area (Å²) in [5.41, 5.74) is 3.01. The van der Waals surface area contributed by atoms with Crippen molar-refractivity contribution in [2.24, 2.45) is 46.3 Å². The molecule has 38 heavy (non-hydrogen) atoms. The average Bonchev–Trinajstić information content (AvgIpc) is 3.26. The fourth-order valence-electron chi connectivity index (χ4n) is 9.70. The highest BCUT2D eigenvalue weighted by Crippen LogP contribution is 2.67. The number of allylic oxidation sites excluding steroid dienone is 1. The van der Waals surface area contributed by atoms with Crippen molar-refractivity contribution in [1.82, 2.24) is 0 Å². The van der Waals surface area contributed by atoms with E-state index >= 15 is 0 Å². The lowest BCUT2D eigenvalue weighted by molar-refractivity contribution is -0.0594. The summed E-state index contributed by atoms with van der Waals surface area (Å²) in [6.45, 7) is 12.5. The van der Waals surface area contributed by atoms with Crippen molar-refractivity contribution < 1.29 is 14.3 Å². The van der Waals surface area contributed by atoms with E-state index in [0.717, 1.165) is 60.5 Å². The molecule has 0 bridgehead atoms. The molecule has 3 saturated carbocycles. The molecule has 0 saturated heterocycles. The zero-order valence-electron chi connectivity index (χ0n) is 24.9. The van der Waals surface area contributed by atoms with Gasteiger partial charge in [0.2, 0.25) is 0 Å². The normalized spacial score (nSPS) is 37.0. The van der Waals surface area contributed by atoms with Gasteiger partial charge < -0.3 is 9.47 Å². The first-order valence-electron chi connectivity index (χ1n) is 15.7. The van der Waals surface area contributed by atoms with Gasteiger partial charge >= 0.3 is 5.97 Å². The van der Waals surface area contributed by atoms with Gasteiger partial charge in [0.25, 0.3) is 0 Å². The SMILES string of the molecule is COc1ccc(C(=O)O[C@H]2CC[C@@]3(C)C(=CC[C@@H]4[C@H]5CC[C@@H]([C@@H](C)CCCC(C)C)[C@]5(C)CC[C@H]43)C2)cc1. The summed E-state index contributed by atoms with van der Waals surface area (Å²) in [5.74, 6) is 5.68. The Kier molecular flexibility index (Phi) is 8.05. The van der Waals surface area contributed by atoms with Crippen molar-refractivity contribution in [3.8, 4) is 5.75 Å². The fraction of sp³-hybridized carbons (Fsp3) is 0.743. The zero-order valence-corrected chi connectivity index (χ0v) is 24.9. The first kappa shape index (κ1) is 27.8. The van der Waals surface area contributed by atoms with Gasteiger partial charge in [-0.3, -0.25) is 0 Å². The van der Waals surface area contributed by atoms with Crippen molar-refractivity contribution in [1.29, 1.82) is 0 Å². The molecule has 3 heteroatoms. The smallest absolute Gasteiger partial charge is 0.338 e. The van der Waals surface area contributed by atoms with Crippen LogP contribution in [0.15, 0.2) is 35.9 Å². The van der Waals surface area contributed by atoms with Crippen LogP contribution in [0.5, 0.6) is 5.75 Å². The number of esters is 1. The van der Waals surface area contributed by atoms with Gasteiger partial charge in [-0.1, -0.05) is 65.5 Å². The number of ether oxygens (including phenoxy) is 2. The van der Waals surface area contributed by atoms with Gasteiger partial charge in [0.15, 0.2) is 0 Å². The molecule has 210 valence electrons. The predicted molar refractivity (Wildman–Crippen MR) is 155 cm³/mol. The maximum atomic E-state index is 12.8. The second kappa shape index (κ2) is 11.0. The molecule has 1 aromatic rings. The van der Waals surface area contributed by atoms with Crippen molar-refractivity contribution in [2.75, 3.05) is 7.11 Å². The summed E-state index contributed by atoms with van der Waals surface area (Å²) in [7, 11) is 1.64. The maximum Gasteiger partial charge on any atom is 0.338 e. The maximum absolute atomic E-state index is 12.8. The van der Waals surface area contributed by atoms with Crippen LogP contribution in [0.3, 0.4) is 0 Å². The fourth-order valence-corrected chi connectivity index (χ4v) is 9.70. The van der Waals surface area contributed by atoms with E-state index in [1.54, 1.807) is 24.8 Å². The molecule has 0 heterocycles. The van der Waals surface area contributed by atoms with Crippen LogP contribution in [-0.4, -0.2) is 19.2 Å². The lowest BCUT2D eigenvalue weighted by atomic mass is 9.47. The van der Waals surface area contributed by atoms with E-state index in [9.17, 15) is 4.79 Å². The summed E-state index contributed by atoms with van der Waals surface area (Å²) < 4.78 is 11.3. The monoisotopic (exact) mass is 520 g/mol. The molecule has 4 aliphatic rings. The number of carbonyl (C=O) groups excluding carboxylic acids is 1. The summed E-state index contributed by atoms with van der Waals surface area (Å²) in [4.78, 5) is 12.8. The molecule has 8 atom stereocenters. The Bertz CT molecular complexity index is 1010. The van der Waals surface area contributed by atoms with E-state index in [1.807, 2.05) is 12.1 Å². The Morgan fingerprint density at radius 1 is 0.974 bits per heavy atom. The highest BCUT2D eigenvalue weighted by Gasteiger charge is 2.59. The van der Waals surface area contributed by atoms with E-state index in [-0.39, 0.29) is 17.5 Å². The van der Waals surface area contributed by atoms with Gasteiger partial charge in [-0.05, 0) is 116 Å². The Morgan fingerprint density at radius 2 is 1.74 bits per heavy atom. The molecule has 0 spiro atoms. The molecule has 3 nitrogen and oxygen atoms in total. The number of rotatable bonds is 8. The number of hydrogen-bond acceptors (Lipinski definition) is 3. The Morgan fingerprint density at radius 3 is 2.45 bits per heavy atom. The highest BCUT2D eigenvalue weighted by atomic mass is 16.5. The summed E-state index contributed by atoms with van der Waals surface area (Å²) >= 11 is 0. The molecular formula is C35H52O3. The number of carbonyl (C=O) groups is 1. The number of fused-ring (bicyclic) bond motifs is 5. The number of hydrogen-bond donors (Lipinski definition) is 0. The Balaban J connectivity index is 1.24. The zero-order chi connectivity index (χ0) is 27.1. The van der Waals surface area contributed by atoms with Crippen LogP contribution in [0.2, 0.25) is 0 Å². The second-order valence-corrected chi connectivity index (χ2v) is 14.3. The average molecular weight is 521 g/mol. The molecular weight excluding hydrogens is 468 g/mol. The second-order valence-electron chi connectivity index (χ2n) is 14.3. The molecule has 0 aliphatic heterocycles. The van der Waals surface area contributed by atoms with E-state index in [0.29, 0.717) is 11.0 Å². The van der Waals surface area contributed by atoms with Crippen molar-refractivity contribution in [3.63, 3.8) is 0 Å². The Hall–Kier alpha value is -1.77. The lowest BCUT2D eigenvalue weighted by Gasteiger charge is -2.58. The van der Waals surface area contributed by atoms with E-state index in [4.69, 9.17) is 9.47 Å². The third-order valence-corrected chi connectivity index (χ3v) is 11.9. The van der Waals surface area contributed by atoms with Crippen molar-refractivity contribution in [2.45, 2.75) is 111 Å². The molecule has 0 amide bonds. The Labute approximate surface area is 232 Å². The van der Waals surface area contributed by atoms with Crippen LogP contribution in [-0.2, 0) is 4.74 Å². The highest BCUT2D eigenvalue weighted by molar-refractivity contribution is 5.89. The van der Waals surface area contributed by atoms with Crippen LogP contribution in [0.1, 0.15) is 116 Å². The van der Waals surface area contributed by atoms with Crippen LogP contribution in [0.4, 0.5) is 0 Å². The quantitative estimate of drug-likeness (QED) is 0.253. The third kappa shape index (κ3) is 5.08. The van der Waals surface area contributed by atoms with E-state index in [2.05, 4.69) is 40.7 Å². The van der Waals surface area contributed by atoms with Crippen molar-refractivity contribution >= 4 is 5.97 Å². The van der Waals surface area contributed by atoms with Gasteiger partial charge in [-0.15, -0.1) is 0 Å². The van der Waals surface area contributed by atoms with Gasteiger partial charge in [0.05, 0.1) is 12.7 Å². The summed E-state index contributed by atoms with van der Waals surface area (Å²) in [5, 5.41) is 0. The first-order chi connectivity index (χ1) is 18.2. The van der Waals surface area contributed by atoms with Crippen LogP contribution in [0, 0.1) is 46.3 Å². The minimum absolute atomic E-state index is 0.00289. The molecule has 5 rings (SSSR count). The minimum Gasteiger partial charge on any atom is -0.497 e. The minimum atomic E-state index is -0.205. The summed E-state index contributed by atoms with van der Waals surface area (Å²) in [6, 6.07) is 7.26. The predicted octanol–water partition coefficient (Wildman–Crippen LogP) is 9.26. The largest absolute Gasteiger partial charge is 0.497 e. The molecule has 4 aliphatic carbocycles. The molecule has 1 aromatic carbocycles. The van der Waals surface area contributed by atoms with Crippen LogP contribution < -0.4 is 4.74 Å². The van der Waals surface area contributed by atoms with Gasteiger partial charge in [0.1, 0.15) is 11.9 Å². The summed E-state index contributed by atoms with van der Waals surface area (Å²) in [6.07, 6.45) is 16.8. The standard InChI is InChI=1S/C35H52O3/c1-23(2)8-7-9-24(3)30-16-17-31-29-15-12-26-22-28(38-33(36)25-10-13-27(37-6)14-11-25)18-20-34(26,4)32(29)19-21-35(30,31)5/h10-14,23-24,28-32H,7-9,15-22H2,1-6H3/t24-,28-,29+,30-,31+,32+,34-,35-/m0/s1. The van der Waals surface area contributed by atoms with E-state index in [1.165, 1.54) is 51.4 Å². The van der Waals surface area contributed by atoms with E-state index < -0.39 is 0 Å². The van der Waals surface area contributed by atoms with Crippen molar-refractivity contribution in [3.05, 3.63) is 41.5 Å². The van der Waals surface area contributed by atoms with Gasteiger partial charge in [0, 0.05) is 6.42 Å². The van der Waals surface area contributed by atoms with Crippen LogP contribution in [0.25, 0.3) is 0 Å². The molecule has 3 fully saturated rings. The first-order valence-corrected chi connectivity index (χ1v) is 15.7. The topological polar surface area (TPSA) is 35.5 Å². The molecule has 0 aromatic heterocycles. The van der Waals surface area contributed by atoms with Crippen LogP contribution >= 0.6 is 0 Å². The molecule has 0 radical (unpaired) electrons. The number of benzene rings is 1. The third-order valence-electron chi connectivity index (χ3n) is 11.9. The molecule has 0 N–H and O–H groups in total. The van der Waals surface area contributed by atoms with Gasteiger partial charge in [-0.2, -0.15) is 0 Å². The molecule has 0 unspecified atom stereocenters. The number of methoxy groups -OCH3 is 1.